The number of aryl methyl sites for hydroxylation is 2. The van der Waals surface area contributed by atoms with Crippen LogP contribution in [0.5, 0.6) is 5.75 Å². The molecule has 0 bridgehead atoms. The highest BCUT2D eigenvalue weighted by molar-refractivity contribution is 7.92. The lowest BCUT2D eigenvalue weighted by Crippen LogP contribution is -2.42. The zero-order valence-electron chi connectivity index (χ0n) is 21.5. The molecule has 3 aromatic rings. The molecule has 1 N–H and O–H groups in total. The first-order valence-electron chi connectivity index (χ1n) is 11.6. The molecule has 3 aromatic carbocycles. The van der Waals surface area contributed by atoms with Gasteiger partial charge in [0.1, 0.15) is 18.9 Å². The summed E-state index contributed by atoms with van der Waals surface area (Å²) in [6.45, 7) is 3.32. The van der Waals surface area contributed by atoms with Gasteiger partial charge in [-0.25, -0.2) is 21.1 Å². The van der Waals surface area contributed by atoms with Gasteiger partial charge in [0.2, 0.25) is 15.9 Å². The van der Waals surface area contributed by atoms with Crippen LogP contribution in [0.3, 0.4) is 0 Å². The lowest BCUT2D eigenvalue weighted by atomic mass is 10.2. The number of hydrogen-bond acceptors (Lipinski definition) is 6. The number of ether oxygens (including phenoxy) is 1. The molecular formula is C26H30ClN3O6S2. The molecule has 0 heterocycles. The Morgan fingerprint density at radius 3 is 2.05 bits per heavy atom. The predicted octanol–water partition coefficient (Wildman–Crippen LogP) is 3.60. The maximum atomic E-state index is 13.5. The second-order valence-corrected chi connectivity index (χ2v) is 13.2. The monoisotopic (exact) mass is 579 g/mol. The summed E-state index contributed by atoms with van der Waals surface area (Å²) < 4.78 is 59.1. The van der Waals surface area contributed by atoms with E-state index in [-0.39, 0.29) is 22.9 Å². The third-order valence-corrected chi connectivity index (χ3v) is 9.47. The van der Waals surface area contributed by atoms with Gasteiger partial charge in [0, 0.05) is 19.1 Å². The number of hydrogen-bond donors (Lipinski definition) is 1. The summed E-state index contributed by atoms with van der Waals surface area (Å²) in [5.41, 5.74) is 1.85. The van der Waals surface area contributed by atoms with Crippen LogP contribution in [0.25, 0.3) is 0 Å². The number of carbonyl (C=O) groups is 1. The minimum atomic E-state index is -4.07. The summed E-state index contributed by atoms with van der Waals surface area (Å²) in [7, 11) is -4.72. The van der Waals surface area contributed by atoms with Crippen LogP contribution in [0, 0.1) is 13.8 Å². The normalized spacial score (nSPS) is 11.8. The van der Waals surface area contributed by atoms with E-state index in [0.717, 1.165) is 14.2 Å². The van der Waals surface area contributed by atoms with Crippen LogP contribution in [0.4, 0.5) is 5.69 Å². The fourth-order valence-electron chi connectivity index (χ4n) is 3.45. The third-order valence-electron chi connectivity index (χ3n) is 5.63. The first kappa shape index (κ1) is 29.4. The van der Waals surface area contributed by atoms with Gasteiger partial charge in [-0.15, -0.1) is 0 Å². The standard InChI is InChI=1S/C26H30ClN3O6S2/c1-19-5-11-24(12-6-19)38(34,35)30(25-17-21(27)8-7-20(25)2)18-26(31)28-15-16-36-22-9-13-23(14-10-22)37(32,33)29(3)4/h5-14,17H,15-16,18H2,1-4H3,(H,28,31). The summed E-state index contributed by atoms with van der Waals surface area (Å²) >= 11 is 6.15. The van der Waals surface area contributed by atoms with Crippen LogP contribution in [0.15, 0.2) is 76.5 Å². The van der Waals surface area contributed by atoms with Crippen LogP contribution in [-0.4, -0.2) is 60.8 Å². The number of amides is 1. The van der Waals surface area contributed by atoms with Gasteiger partial charge in [-0.2, -0.15) is 0 Å². The summed E-state index contributed by atoms with van der Waals surface area (Å²) in [5, 5.41) is 3.01. The summed E-state index contributed by atoms with van der Waals surface area (Å²) in [4.78, 5) is 13.0. The van der Waals surface area contributed by atoms with Crippen molar-refractivity contribution in [3.8, 4) is 5.75 Å². The van der Waals surface area contributed by atoms with Crippen LogP contribution in [0.1, 0.15) is 11.1 Å². The van der Waals surface area contributed by atoms with Crippen LogP contribution < -0.4 is 14.4 Å². The summed E-state index contributed by atoms with van der Waals surface area (Å²) in [5.74, 6) is -0.105. The van der Waals surface area contributed by atoms with Crippen molar-refractivity contribution >= 4 is 43.2 Å². The Hall–Kier alpha value is -3.12. The molecule has 38 heavy (non-hydrogen) atoms. The lowest BCUT2D eigenvalue weighted by Gasteiger charge is -2.26. The van der Waals surface area contributed by atoms with Gasteiger partial charge in [0.15, 0.2) is 0 Å². The minimum Gasteiger partial charge on any atom is -0.492 e. The molecule has 3 rings (SSSR count). The van der Waals surface area contributed by atoms with Crippen molar-refractivity contribution in [2.75, 3.05) is 38.1 Å². The second kappa shape index (κ2) is 12.2. The number of rotatable bonds is 11. The first-order valence-corrected chi connectivity index (χ1v) is 14.9. The Balaban J connectivity index is 1.68. The maximum Gasteiger partial charge on any atom is 0.264 e. The number of halogens is 1. The molecular weight excluding hydrogens is 550 g/mol. The molecule has 204 valence electrons. The number of sulfonamides is 2. The first-order chi connectivity index (χ1) is 17.8. The number of nitrogens with one attached hydrogen (secondary N) is 1. The zero-order valence-corrected chi connectivity index (χ0v) is 23.9. The van der Waals surface area contributed by atoms with Gasteiger partial charge in [-0.3, -0.25) is 9.10 Å². The zero-order chi connectivity index (χ0) is 28.1. The Kier molecular flexibility index (Phi) is 9.42. The molecule has 0 spiro atoms. The SMILES string of the molecule is Cc1ccc(S(=O)(=O)N(CC(=O)NCCOc2ccc(S(=O)(=O)N(C)C)cc2)c2cc(Cl)ccc2C)cc1. The van der Waals surface area contributed by atoms with E-state index in [1.165, 1.54) is 56.6 Å². The summed E-state index contributed by atoms with van der Waals surface area (Å²) in [6, 6.07) is 17.1. The highest BCUT2D eigenvalue weighted by Gasteiger charge is 2.28. The topological polar surface area (TPSA) is 113 Å². The maximum absolute atomic E-state index is 13.5. The van der Waals surface area contributed by atoms with Gasteiger partial charge in [-0.05, 0) is 67.9 Å². The third kappa shape index (κ3) is 7.04. The van der Waals surface area contributed by atoms with E-state index in [1.54, 1.807) is 31.2 Å². The van der Waals surface area contributed by atoms with E-state index in [0.29, 0.717) is 22.0 Å². The molecule has 0 aromatic heterocycles. The van der Waals surface area contributed by atoms with E-state index < -0.39 is 32.5 Å². The largest absolute Gasteiger partial charge is 0.492 e. The number of nitrogens with zero attached hydrogens (tertiary/aromatic N) is 2. The Morgan fingerprint density at radius 1 is 0.868 bits per heavy atom. The van der Waals surface area contributed by atoms with Gasteiger partial charge in [0.25, 0.3) is 10.0 Å². The van der Waals surface area contributed by atoms with Gasteiger partial charge in [0.05, 0.1) is 22.0 Å². The van der Waals surface area contributed by atoms with Gasteiger partial charge >= 0.3 is 0 Å². The fraction of sp³-hybridized carbons (Fsp3) is 0.269. The minimum absolute atomic E-state index is 0.0540. The predicted molar refractivity (Wildman–Crippen MR) is 148 cm³/mol. The molecule has 0 saturated heterocycles. The number of anilines is 1. The van der Waals surface area contributed by atoms with E-state index in [4.69, 9.17) is 16.3 Å². The fourth-order valence-corrected chi connectivity index (χ4v) is 6.00. The molecule has 0 fully saturated rings. The number of benzene rings is 3. The highest BCUT2D eigenvalue weighted by atomic mass is 35.5. The van der Waals surface area contributed by atoms with Crippen molar-refractivity contribution in [2.45, 2.75) is 23.6 Å². The van der Waals surface area contributed by atoms with Crippen molar-refractivity contribution in [1.29, 1.82) is 0 Å². The second-order valence-electron chi connectivity index (χ2n) is 8.71. The molecule has 0 aliphatic rings. The van der Waals surface area contributed by atoms with Crippen LogP contribution >= 0.6 is 11.6 Å². The molecule has 12 heteroatoms. The molecule has 1 amide bonds. The molecule has 0 aliphatic heterocycles. The Labute approximate surface area is 229 Å². The molecule has 0 unspecified atom stereocenters. The molecule has 9 nitrogen and oxygen atoms in total. The van der Waals surface area contributed by atoms with E-state index in [2.05, 4.69) is 5.32 Å². The molecule has 0 radical (unpaired) electrons. The lowest BCUT2D eigenvalue weighted by molar-refractivity contribution is -0.119. The quantitative estimate of drug-likeness (QED) is 0.347. The average Bonchev–Trinajstić information content (AvgIpc) is 2.87. The van der Waals surface area contributed by atoms with E-state index in [9.17, 15) is 21.6 Å². The van der Waals surface area contributed by atoms with Gasteiger partial charge in [-0.1, -0.05) is 35.4 Å². The average molecular weight is 580 g/mol. The Bertz CT molecular complexity index is 1490. The van der Waals surface area contributed by atoms with Crippen LogP contribution in [-0.2, 0) is 24.8 Å². The van der Waals surface area contributed by atoms with Crippen molar-refractivity contribution in [3.63, 3.8) is 0 Å². The molecule has 0 atom stereocenters. The molecule has 0 saturated carbocycles. The van der Waals surface area contributed by atoms with Crippen molar-refractivity contribution in [2.24, 2.45) is 0 Å². The highest BCUT2D eigenvalue weighted by Crippen LogP contribution is 2.29. The van der Waals surface area contributed by atoms with E-state index in [1.807, 2.05) is 6.92 Å². The smallest absolute Gasteiger partial charge is 0.264 e. The van der Waals surface area contributed by atoms with E-state index >= 15 is 0 Å². The van der Waals surface area contributed by atoms with Crippen molar-refractivity contribution in [3.05, 3.63) is 82.9 Å². The van der Waals surface area contributed by atoms with Crippen LogP contribution in [0.2, 0.25) is 5.02 Å². The van der Waals surface area contributed by atoms with Crippen molar-refractivity contribution < 1.29 is 26.4 Å². The Morgan fingerprint density at radius 2 is 1.45 bits per heavy atom. The number of carbonyl (C=O) groups excluding carboxylic acids is 1. The van der Waals surface area contributed by atoms with Crippen molar-refractivity contribution in [1.82, 2.24) is 9.62 Å². The summed E-state index contributed by atoms with van der Waals surface area (Å²) in [6.07, 6.45) is 0. The van der Waals surface area contributed by atoms with Gasteiger partial charge < -0.3 is 10.1 Å². The molecule has 0 aliphatic carbocycles.